The van der Waals surface area contributed by atoms with Crippen molar-refractivity contribution in [1.29, 1.82) is 0 Å². The zero-order valence-electron chi connectivity index (χ0n) is 10.2. The monoisotopic (exact) mass is 247 g/mol. The number of benzene rings is 1. The van der Waals surface area contributed by atoms with Crippen LogP contribution in [0.5, 0.6) is 0 Å². The van der Waals surface area contributed by atoms with Gasteiger partial charge in [-0.1, -0.05) is 30.3 Å². The van der Waals surface area contributed by atoms with Crippen LogP contribution < -0.4 is 5.32 Å². The van der Waals surface area contributed by atoms with Crippen LogP contribution in [0, 0.1) is 0 Å². The van der Waals surface area contributed by atoms with Crippen molar-refractivity contribution in [2.24, 2.45) is 0 Å². The molecule has 1 N–H and O–H groups in total. The Labute approximate surface area is 106 Å². The molecule has 2 aliphatic rings. The van der Waals surface area contributed by atoms with Crippen LogP contribution in [0.2, 0.25) is 0 Å². The van der Waals surface area contributed by atoms with Gasteiger partial charge in [0.05, 0.1) is 12.7 Å². The molecule has 1 aromatic rings. The fraction of sp³-hybridized carbons (Fsp3) is 0.500. The van der Waals surface area contributed by atoms with E-state index >= 15 is 0 Å². The molecule has 4 heteroatoms. The summed E-state index contributed by atoms with van der Waals surface area (Å²) in [5, 5.41) is 3.04. The molecule has 0 spiro atoms. The van der Waals surface area contributed by atoms with Gasteiger partial charge in [0.25, 0.3) is 5.91 Å². The lowest BCUT2D eigenvalue weighted by Gasteiger charge is -2.30. The number of carbonyl (C=O) groups is 1. The third-order valence-corrected chi connectivity index (χ3v) is 3.43. The second-order valence-corrected chi connectivity index (χ2v) is 4.82. The van der Waals surface area contributed by atoms with Gasteiger partial charge in [-0.25, -0.2) is 0 Å². The smallest absolute Gasteiger partial charge is 0.251 e. The molecule has 1 aromatic carbocycles. The van der Waals surface area contributed by atoms with Crippen LogP contribution in [0.25, 0.3) is 0 Å². The summed E-state index contributed by atoms with van der Waals surface area (Å²) in [7, 11) is 0. The number of hydrogen-bond donors (Lipinski definition) is 1. The first-order valence-electron chi connectivity index (χ1n) is 6.41. The van der Waals surface area contributed by atoms with Gasteiger partial charge >= 0.3 is 0 Å². The van der Waals surface area contributed by atoms with E-state index in [0.717, 1.165) is 12.8 Å². The molecule has 2 aliphatic heterocycles. The van der Waals surface area contributed by atoms with E-state index in [1.807, 2.05) is 18.2 Å². The highest BCUT2D eigenvalue weighted by atomic mass is 16.6. The third-order valence-electron chi connectivity index (χ3n) is 3.43. The Kier molecular flexibility index (Phi) is 3.30. The molecule has 0 bridgehead atoms. The first-order chi connectivity index (χ1) is 8.83. The minimum atomic E-state index is -0.206. The van der Waals surface area contributed by atoms with Crippen LogP contribution in [0.1, 0.15) is 24.5 Å². The van der Waals surface area contributed by atoms with E-state index in [1.165, 1.54) is 5.56 Å². The fourth-order valence-corrected chi connectivity index (χ4v) is 2.32. The van der Waals surface area contributed by atoms with E-state index in [0.29, 0.717) is 13.2 Å². The highest BCUT2D eigenvalue weighted by Crippen LogP contribution is 2.28. The first-order valence-corrected chi connectivity index (χ1v) is 6.41. The normalized spacial score (nSPS) is 30.8. The molecule has 0 aromatic heterocycles. The molecular formula is C14H17NO3. The van der Waals surface area contributed by atoms with Gasteiger partial charge in [0, 0.05) is 12.6 Å². The first kappa shape index (κ1) is 11.7. The number of carbonyl (C=O) groups excluding carboxylic acids is 1. The van der Waals surface area contributed by atoms with E-state index < -0.39 is 0 Å². The minimum absolute atomic E-state index is 0.0220. The van der Waals surface area contributed by atoms with Crippen molar-refractivity contribution in [1.82, 2.24) is 5.32 Å². The van der Waals surface area contributed by atoms with Crippen LogP contribution in [0.15, 0.2) is 30.3 Å². The van der Waals surface area contributed by atoms with Crippen molar-refractivity contribution in [2.45, 2.75) is 31.1 Å². The Hall–Kier alpha value is -1.39. The molecule has 1 amide bonds. The molecule has 3 atom stereocenters. The standard InChI is InChI=1S/C14H17NO3/c16-14(13-9-18-13)15-11-6-7-17-12(8-11)10-4-2-1-3-5-10/h1-5,11-13H,6-9H2,(H,15,16). The summed E-state index contributed by atoms with van der Waals surface area (Å²) < 4.78 is 10.7. The van der Waals surface area contributed by atoms with Crippen molar-refractivity contribution in [2.75, 3.05) is 13.2 Å². The number of epoxide rings is 1. The highest BCUT2D eigenvalue weighted by Gasteiger charge is 2.34. The number of rotatable bonds is 3. The van der Waals surface area contributed by atoms with E-state index in [1.54, 1.807) is 0 Å². The summed E-state index contributed by atoms with van der Waals surface area (Å²) in [4.78, 5) is 11.6. The molecule has 0 aliphatic carbocycles. The SMILES string of the molecule is O=C(NC1CCOC(c2ccccc2)C1)C1CO1. The maximum atomic E-state index is 11.6. The molecule has 3 rings (SSSR count). The summed E-state index contributed by atoms with van der Waals surface area (Å²) in [5.41, 5.74) is 1.18. The average Bonchev–Trinajstić information content (AvgIpc) is 3.24. The van der Waals surface area contributed by atoms with E-state index in [2.05, 4.69) is 17.4 Å². The van der Waals surface area contributed by atoms with Gasteiger partial charge in [0.15, 0.2) is 6.10 Å². The minimum Gasteiger partial charge on any atom is -0.373 e. The van der Waals surface area contributed by atoms with E-state index in [-0.39, 0.29) is 24.2 Å². The Morgan fingerprint density at radius 1 is 1.22 bits per heavy atom. The second kappa shape index (κ2) is 5.08. The van der Waals surface area contributed by atoms with Crippen LogP contribution in [0.4, 0.5) is 0 Å². The largest absolute Gasteiger partial charge is 0.373 e. The second-order valence-electron chi connectivity index (χ2n) is 4.82. The number of nitrogens with one attached hydrogen (secondary N) is 1. The van der Waals surface area contributed by atoms with E-state index in [9.17, 15) is 4.79 Å². The zero-order valence-corrected chi connectivity index (χ0v) is 10.2. The summed E-state index contributed by atoms with van der Waals surface area (Å²) >= 11 is 0. The van der Waals surface area contributed by atoms with Crippen LogP contribution in [-0.4, -0.2) is 31.3 Å². The maximum Gasteiger partial charge on any atom is 0.251 e. The molecule has 18 heavy (non-hydrogen) atoms. The fourth-order valence-electron chi connectivity index (χ4n) is 2.32. The molecule has 2 heterocycles. The maximum absolute atomic E-state index is 11.6. The predicted molar refractivity (Wildman–Crippen MR) is 66.0 cm³/mol. The van der Waals surface area contributed by atoms with Crippen LogP contribution in [0.3, 0.4) is 0 Å². The number of amides is 1. The number of hydrogen-bond acceptors (Lipinski definition) is 3. The van der Waals surface area contributed by atoms with Crippen molar-refractivity contribution in [3.63, 3.8) is 0 Å². The Bertz CT molecular complexity index is 416. The van der Waals surface area contributed by atoms with Crippen molar-refractivity contribution in [3.05, 3.63) is 35.9 Å². The van der Waals surface area contributed by atoms with Gasteiger partial charge in [0.2, 0.25) is 0 Å². The highest BCUT2D eigenvalue weighted by molar-refractivity contribution is 5.83. The van der Waals surface area contributed by atoms with E-state index in [4.69, 9.17) is 9.47 Å². The molecule has 2 fully saturated rings. The summed E-state index contributed by atoms with van der Waals surface area (Å²) in [6.07, 6.45) is 1.60. The predicted octanol–water partition coefficient (Wildman–Crippen LogP) is 1.42. The van der Waals surface area contributed by atoms with Gasteiger partial charge in [-0.2, -0.15) is 0 Å². The van der Waals surface area contributed by atoms with Crippen molar-refractivity contribution < 1.29 is 14.3 Å². The van der Waals surface area contributed by atoms with Gasteiger partial charge in [-0.3, -0.25) is 4.79 Å². The van der Waals surface area contributed by atoms with Crippen LogP contribution in [-0.2, 0) is 14.3 Å². The van der Waals surface area contributed by atoms with Gasteiger partial charge in [-0.15, -0.1) is 0 Å². The Morgan fingerprint density at radius 2 is 2.00 bits per heavy atom. The Morgan fingerprint density at radius 3 is 2.72 bits per heavy atom. The molecular weight excluding hydrogens is 230 g/mol. The van der Waals surface area contributed by atoms with Gasteiger partial charge in [-0.05, 0) is 18.4 Å². The summed E-state index contributed by atoms with van der Waals surface area (Å²) in [6, 6.07) is 10.4. The zero-order chi connectivity index (χ0) is 12.4. The van der Waals surface area contributed by atoms with Crippen molar-refractivity contribution in [3.8, 4) is 0 Å². The molecule has 2 saturated heterocycles. The summed E-state index contributed by atoms with van der Waals surface area (Å²) in [6.45, 7) is 1.26. The third kappa shape index (κ3) is 2.71. The van der Waals surface area contributed by atoms with Gasteiger partial charge in [0.1, 0.15) is 0 Å². The van der Waals surface area contributed by atoms with Gasteiger partial charge < -0.3 is 14.8 Å². The lowest BCUT2D eigenvalue weighted by molar-refractivity contribution is -0.124. The molecule has 96 valence electrons. The molecule has 0 radical (unpaired) electrons. The molecule has 4 nitrogen and oxygen atoms in total. The lowest BCUT2D eigenvalue weighted by Crippen LogP contribution is -2.41. The Balaban J connectivity index is 1.59. The number of ether oxygens (including phenoxy) is 2. The van der Waals surface area contributed by atoms with Crippen molar-refractivity contribution >= 4 is 5.91 Å². The lowest BCUT2D eigenvalue weighted by atomic mass is 9.97. The summed E-state index contributed by atoms with van der Waals surface area (Å²) in [5.74, 6) is 0.0220. The topological polar surface area (TPSA) is 50.9 Å². The quantitative estimate of drug-likeness (QED) is 0.822. The molecule has 3 unspecified atom stereocenters. The average molecular weight is 247 g/mol. The molecule has 0 saturated carbocycles. The van der Waals surface area contributed by atoms with Crippen LogP contribution >= 0.6 is 0 Å².